The predicted octanol–water partition coefficient (Wildman–Crippen LogP) is 4.49. The fourth-order valence-electron chi connectivity index (χ4n) is 4.35. The van der Waals surface area contributed by atoms with E-state index in [1.807, 2.05) is 51.1 Å². The van der Waals surface area contributed by atoms with Gasteiger partial charge in [-0.05, 0) is 51.5 Å². The fraction of sp³-hybridized carbons (Fsp3) is 0.483. The standard InChI is InChI=1S/C16H28N2O5.C13H10N2O2/c1-15(2,3)11(17-14(22)23-16(4,5)6)12(19)18-9-7-8-10(18)13(20)21;1-8-12-13(17-15-8)11(16)7-10(14-12)9-5-3-2-4-6-9/h10-11H,7-9H2,1-6H3,(H,17,22)(H,20,21);2-7H,1H3,(H,14,16)/t10?,11-;/m1./s1. The van der Waals surface area contributed by atoms with Crippen LogP contribution in [0.25, 0.3) is 22.4 Å². The summed E-state index contributed by atoms with van der Waals surface area (Å²) in [5.41, 5.74) is 1.97. The normalized spacial score (nSPS) is 16.2. The summed E-state index contributed by atoms with van der Waals surface area (Å²) < 4.78 is 10.2. The molecule has 0 bridgehead atoms. The minimum Gasteiger partial charge on any atom is -0.480 e. The molecule has 11 nitrogen and oxygen atoms in total. The maximum atomic E-state index is 12.8. The molecule has 2 atom stereocenters. The quantitative estimate of drug-likeness (QED) is 0.426. The van der Waals surface area contributed by atoms with Crippen molar-refractivity contribution in [3.05, 3.63) is 52.3 Å². The molecule has 216 valence electrons. The van der Waals surface area contributed by atoms with Crippen LogP contribution in [-0.2, 0) is 14.3 Å². The number of aromatic amines is 1. The van der Waals surface area contributed by atoms with Crippen LogP contribution in [0, 0.1) is 12.3 Å². The SMILES string of the molecule is CC(C)(C)OC(=O)N[C@H](C(=O)N1CCCC1C(=O)O)C(C)(C)C.Cc1noc2c(=O)cc(-c3ccccc3)[nH]c12. The van der Waals surface area contributed by atoms with Crippen LogP contribution in [0.3, 0.4) is 0 Å². The van der Waals surface area contributed by atoms with Crippen LogP contribution >= 0.6 is 0 Å². The van der Waals surface area contributed by atoms with Gasteiger partial charge in [-0.25, -0.2) is 9.59 Å². The number of carbonyl (C=O) groups excluding carboxylic acids is 2. The molecular formula is C29H38N4O7. The van der Waals surface area contributed by atoms with Crippen molar-refractivity contribution in [2.45, 2.75) is 79.0 Å². The number of benzene rings is 1. The van der Waals surface area contributed by atoms with Gasteiger partial charge in [-0.1, -0.05) is 56.3 Å². The molecule has 0 aliphatic carbocycles. The van der Waals surface area contributed by atoms with Crippen molar-refractivity contribution in [1.29, 1.82) is 0 Å². The van der Waals surface area contributed by atoms with Crippen LogP contribution in [-0.4, -0.2) is 62.3 Å². The lowest BCUT2D eigenvalue weighted by Crippen LogP contribution is -2.57. The van der Waals surface area contributed by atoms with Gasteiger partial charge in [-0.3, -0.25) is 9.59 Å². The molecule has 1 aliphatic heterocycles. The van der Waals surface area contributed by atoms with Crippen LogP contribution in [0.1, 0.15) is 60.1 Å². The molecule has 1 unspecified atom stereocenters. The topological polar surface area (TPSA) is 155 Å². The largest absolute Gasteiger partial charge is 0.480 e. The average Bonchev–Trinajstić information content (AvgIpc) is 3.49. The van der Waals surface area contributed by atoms with Crippen LogP contribution in [0.5, 0.6) is 0 Å². The molecule has 0 radical (unpaired) electrons. The van der Waals surface area contributed by atoms with E-state index in [2.05, 4.69) is 15.5 Å². The van der Waals surface area contributed by atoms with Crippen molar-refractivity contribution < 1.29 is 28.8 Å². The number of carboxylic acids is 1. The molecule has 0 spiro atoms. The number of H-pyrrole nitrogens is 1. The Kier molecular flexibility index (Phi) is 9.07. The van der Waals surface area contributed by atoms with Gasteiger partial charge in [0.2, 0.25) is 16.9 Å². The number of pyridine rings is 1. The van der Waals surface area contributed by atoms with E-state index in [4.69, 9.17) is 9.26 Å². The number of amides is 2. The van der Waals surface area contributed by atoms with E-state index < -0.39 is 35.2 Å². The summed E-state index contributed by atoms with van der Waals surface area (Å²) in [6, 6.07) is 9.54. The van der Waals surface area contributed by atoms with Gasteiger partial charge in [0, 0.05) is 18.3 Å². The Hall–Kier alpha value is -4.15. The number of nitrogens with zero attached hydrogens (tertiary/aromatic N) is 2. The van der Waals surface area contributed by atoms with E-state index >= 15 is 0 Å². The number of fused-ring (bicyclic) bond motifs is 1. The fourth-order valence-corrected chi connectivity index (χ4v) is 4.35. The lowest BCUT2D eigenvalue weighted by molar-refractivity contribution is -0.150. The van der Waals surface area contributed by atoms with Gasteiger partial charge in [0.1, 0.15) is 28.9 Å². The highest BCUT2D eigenvalue weighted by Crippen LogP contribution is 2.26. The number of aliphatic carboxylic acids is 1. The molecule has 4 rings (SSSR count). The van der Waals surface area contributed by atoms with Crippen LogP contribution in [0.2, 0.25) is 0 Å². The number of likely N-dealkylation sites (tertiary alicyclic amines) is 1. The Labute approximate surface area is 232 Å². The minimum absolute atomic E-state index is 0.154. The van der Waals surface area contributed by atoms with Crippen molar-refractivity contribution in [3.8, 4) is 11.3 Å². The van der Waals surface area contributed by atoms with Gasteiger partial charge in [0.15, 0.2) is 0 Å². The second-order valence-corrected chi connectivity index (χ2v) is 11.9. The summed E-state index contributed by atoms with van der Waals surface area (Å²) in [5.74, 6) is -1.39. The number of aromatic nitrogens is 2. The molecule has 2 amide bonds. The Bertz CT molecular complexity index is 1410. The van der Waals surface area contributed by atoms with Gasteiger partial charge < -0.3 is 29.6 Å². The summed E-state index contributed by atoms with van der Waals surface area (Å²) in [5, 5.41) is 15.6. The van der Waals surface area contributed by atoms with E-state index in [9.17, 15) is 24.3 Å². The van der Waals surface area contributed by atoms with Crippen molar-refractivity contribution in [2.24, 2.45) is 5.41 Å². The van der Waals surface area contributed by atoms with Crippen molar-refractivity contribution >= 4 is 29.1 Å². The molecule has 1 aromatic carbocycles. The highest BCUT2D eigenvalue weighted by Gasteiger charge is 2.42. The zero-order chi connectivity index (χ0) is 29.8. The van der Waals surface area contributed by atoms with E-state index in [-0.39, 0.29) is 16.9 Å². The molecular weight excluding hydrogens is 516 g/mol. The lowest BCUT2D eigenvalue weighted by Gasteiger charge is -2.35. The molecule has 11 heteroatoms. The molecule has 1 fully saturated rings. The van der Waals surface area contributed by atoms with Gasteiger partial charge in [0.25, 0.3) is 0 Å². The maximum absolute atomic E-state index is 12.8. The summed E-state index contributed by atoms with van der Waals surface area (Å²) in [6.45, 7) is 12.9. The van der Waals surface area contributed by atoms with Gasteiger partial charge in [0.05, 0.1) is 0 Å². The highest BCUT2D eigenvalue weighted by atomic mass is 16.6. The Morgan fingerprint density at radius 2 is 1.80 bits per heavy atom. The number of ether oxygens (including phenoxy) is 1. The molecule has 3 heterocycles. The maximum Gasteiger partial charge on any atom is 0.408 e. The van der Waals surface area contributed by atoms with E-state index in [1.165, 1.54) is 11.0 Å². The Balaban J connectivity index is 0.000000229. The monoisotopic (exact) mass is 554 g/mol. The number of alkyl carbamates (subject to hydrolysis) is 1. The highest BCUT2D eigenvalue weighted by molar-refractivity contribution is 5.90. The molecule has 0 saturated carbocycles. The Morgan fingerprint density at radius 1 is 1.15 bits per heavy atom. The Morgan fingerprint density at radius 3 is 2.38 bits per heavy atom. The summed E-state index contributed by atoms with van der Waals surface area (Å²) in [7, 11) is 0. The van der Waals surface area contributed by atoms with Gasteiger partial charge in [-0.2, -0.15) is 0 Å². The smallest absolute Gasteiger partial charge is 0.408 e. The van der Waals surface area contributed by atoms with Gasteiger partial charge >= 0.3 is 12.1 Å². The van der Waals surface area contributed by atoms with Crippen LogP contribution in [0.4, 0.5) is 4.79 Å². The number of carboxylic acid groups (broad SMARTS) is 1. The van der Waals surface area contributed by atoms with Gasteiger partial charge in [-0.15, -0.1) is 0 Å². The molecule has 3 aromatic rings. The molecule has 1 saturated heterocycles. The molecule has 40 heavy (non-hydrogen) atoms. The molecule has 1 aliphatic rings. The number of rotatable bonds is 4. The predicted molar refractivity (Wildman–Crippen MR) is 150 cm³/mol. The number of nitrogens with one attached hydrogen (secondary N) is 2. The van der Waals surface area contributed by atoms with E-state index in [0.717, 1.165) is 11.3 Å². The third-order valence-corrected chi connectivity index (χ3v) is 6.30. The van der Waals surface area contributed by atoms with Crippen LogP contribution in [0.15, 0.2) is 45.7 Å². The first-order valence-electron chi connectivity index (χ1n) is 13.2. The number of hydrogen-bond donors (Lipinski definition) is 3. The first kappa shape index (κ1) is 30.4. The summed E-state index contributed by atoms with van der Waals surface area (Å²) in [6.07, 6.45) is 0.396. The summed E-state index contributed by atoms with van der Waals surface area (Å²) >= 11 is 0. The second kappa shape index (κ2) is 11.9. The zero-order valence-corrected chi connectivity index (χ0v) is 24.0. The lowest BCUT2D eigenvalue weighted by atomic mass is 9.85. The minimum atomic E-state index is -1.01. The average molecular weight is 555 g/mol. The summed E-state index contributed by atoms with van der Waals surface area (Å²) in [4.78, 5) is 52.5. The second-order valence-electron chi connectivity index (χ2n) is 11.9. The third kappa shape index (κ3) is 7.49. The number of carbonyl (C=O) groups is 3. The van der Waals surface area contributed by atoms with E-state index in [1.54, 1.807) is 27.7 Å². The van der Waals surface area contributed by atoms with E-state index in [0.29, 0.717) is 30.6 Å². The first-order valence-corrected chi connectivity index (χ1v) is 13.2. The number of aryl methyl sites for hydroxylation is 1. The first-order chi connectivity index (χ1) is 18.6. The molecule has 2 aromatic heterocycles. The molecule has 3 N–H and O–H groups in total. The zero-order valence-electron chi connectivity index (χ0n) is 24.0. The van der Waals surface area contributed by atoms with Crippen LogP contribution < -0.4 is 10.7 Å². The van der Waals surface area contributed by atoms with Crippen molar-refractivity contribution in [3.63, 3.8) is 0 Å². The van der Waals surface area contributed by atoms with Crippen molar-refractivity contribution in [2.75, 3.05) is 6.54 Å². The van der Waals surface area contributed by atoms with Crippen molar-refractivity contribution in [1.82, 2.24) is 20.4 Å². The number of hydrogen-bond acceptors (Lipinski definition) is 7. The third-order valence-electron chi connectivity index (χ3n) is 6.30.